The molecule has 5 heteroatoms. The maximum atomic E-state index is 12.9. The molecule has 1 aromatic heterocycles. The van der Waals surface area contributed by atoms with E-state index >= 15 is 0 Å². The summed E-state index contributed by atoms with van der Waals surface area (Å²) in [5, 5.41) is 6.98. The quantitative estimate of drug-likeness (QED) is 0.515. The number of rotatable bonds is 5. The van der Waals surface area contributed by atoms with Gasteiger partial charge in [0.15, 0.2) is 0 Å². The first-order valence-electron chi connectivity index (χ1n) is 11.3. The van der Waals surface area contributed by atoms with Gasteiger partial charge in [-0.05, 0) is 54.1 Å². The highest BCUT2D eigenvalue weighted by atomic mass is 16.2. The Balaban J connectivity index is 1.26. The molecule has 0 bridgehead atoms. The summed E-state index contributed by atoms with van der Waals surface area (Å²) in [6, 6.07) is 22.8. The number of hydrogen-bond acceptors (Lipinski definition) is 4. The van der Waals surface area contributed by atoms with Crippen LogP contribution < -0.4 is 5.32 Å². The molecular weight excluding hydrogens is 396 g/mol. The Hall–Kier alpha value is -3.44. The molecule has 1 saturated heterocycles. The minimum Gasteiger partial charge on any atom is -0.384 e. The molecular formula is C27H28N4O. The van der Waals surface area contributed by atoms with Crippen LogP contribution in [-0.4, -0.2) is 60.5 Å². The molecule has 5 rings (SSSR count). The molecule has 1 amide bonds. The molecule has 162 valence electrons. The van der Waals surface area contributed by atoms with Crippen molar-refractivity contribution in [2.75, 3.05) is 45.1 Å². The van der Waals surface area contributed by atoms with Gasteiger partial charge in [0.05, 0.1) is 5.52 Å². The molecule has 1 fully saturated rings. The Kier molecular flexibility index (Phi) is 5.73. The summed E-state index contributed by atoms with van der Waals surface area (Å²) in [6.07, 6.45) is 2.77. The molecule has 0 spiro atoms. The summed E-state index contributed by atoms with van der Waals surface area (Å²) in [4.78, 5) is 21.5. The average Bonchev–Trinajstić information content (AvgIpc) is 2.84. The maximum absolute atomic E-state index is 12.9. The molecule has 1 aliphatic rings. The number of aromatic nitrogens is 1. The van der Waals surface area contributed by atoms with Crippen LogP contribution in [0.1, 0.15) is 15.9 Å². The number of carbonyl (C=O) groups is 1. The summed E-state index contributed by atoms with van der Waals surface area (Å²) in [6.45, 7) is 4.32. The SMILES string of the molecule is CN1CCN(C(=O)c2ccc3cc(CCNc4ccnc5ccccc45)ccc3c2)CC1. The molecule has 0 saturated carbocycles. The Labute approximate surface area is 188 Å². The molecule has 3 aromatic carbocycles. The summed E-state index contributed by atoms with van der Waals surface area (Å²) >= 11 is 0. The Morgan fingerprint density at radius 2 is 1.72 bits per heavy atom. The third kappa shape index (κ3) is 4.30. The second kappa shape index (κ2) is 8.97. The van der Waals surface area contributed by atoms with Gasteiger partial charge in [-0.1, -0.05) is 42.5 Å². The number of nitrogens with zero attached hydrogens (tertiary/aromatic N) is 3. The molecule has 1 N–H and O–H groups in total. The van der Waals surface area contributed by atoms with Crippen LogP contribution in [0, 0.1) is 0 Å². The van der Waals surface area contributed by atoms with Crippen molar-refractivity contribution in [2.45, 2.75) is 6.42 Å². The topological polar surface area (TPSA) is 48.5 Å². The van der Waals surface area contributed by atoms with E-state index < -0.39 is 0 Å². The smallest absolute Gasteiger partial charge is 0.253 e. The second-order valence-corrected chi connectivity index (χ2v) is 8.54. The Bertz CT molecular complexity index is 1260. The van der Waals surface area contributed by atoms with Gasteiger partial charge in [0.2, 0.25) is 0 Å². The van der Waals surface area contributed by atoms with E-state index in [-0.39, 0.29) is 5.91 Å². The molecule has 0 radical (unpaired) electrons. The summed E-state index contributed by atoms with van der Waals surface area (Å²) < 4.78 is 0. The number of fused-ring (bicyclic) bond motifs is 2. The van der Waals surface area contributed by atoms with Gasteiger partial charge in [-0.3, -0.25) is 9.78 Å². The van der Waals surface area contributed by atoms with E-state index in [0.717, 1.165) is 66.7 Å². The van der Waals surface area contributed by atoms with Crippen LogP contribution in [0.3, 0.4) is 0 Å². The van der Waals surface area contributed by atoms with Crippen LogP contribution >= 0.6 is 0 Å². The van der Waals surface area contributed by atoms with Crippen molar-refractivity contribution >= 4 is 33.3 Å². The molecule has 2 heterocycles. The summed E-state index contributed by atoms with van der Waals surface area (Å²) in [5.41, 5.74) is 4.18. The predicted octanol–water partition coefficient (Wildman–Crippen LogP) is 4.43. The molecule has 1 aliphatic heterocycles. The molecule has 5 nitrogen and oxygen atoms in total. The number of hydrogen-bond donors (Lipinski definition) is 1. The van der Waals surface area contributed by atoms with Crippen molar-refractivity contribution in [3.05, 3.63) is 84.1 Å². The van der Waals surface area contributed by atoms with E-state index in [2.05, 4.69) is 52.6 Å². The number of piperazine rings is 1. The van der Waals surface area contributed by atoms with Crippen LogP contribution in [0.2, 0.25) is 0 Å². The molecule has 0 atom stereocenters. The number of amides is 1. The van der Waals surface area contributed by atoms with E-state index in [0.29, 0.717) is 0 Å². The van der Waals surface area contributed by atoms with Gasteiger partial charge < -0.3 is 15.1 Å². The lowest BCUT2D eigenvalue weighted by atomic mass is 10.0. The molecule has 4 aromatic rings. The third-order valence-electron chi connectivity index (χ3n) is 6.32. The van der Waals surface area contributed by atoms with Crippen molar-refractivity contribution in [2.24, 2.45) is 0 Å². The first kappa shape index (κ1) is 20.5. The van der Waals surface area contributed by atoms with E-state index in [1.165, 1.54) is 10.9 Å². The van der Waals surface area contributed by atoms with E-state index in [1.54, 1.807) is 0 Å². The first-order valence-corrected chi connectivity index (χ1v) is 11.3. The lowest BCUT2D eigenvalue weighted by Gasteiger charge is -2.32. The van der Waals surface area contributed by atoms with Gasteiger partial charge in [-0.2, -0.15) is 0 Å². The van der Waals surface area contributed by atoms with Gasteiger partial charge >= 0.3 is 0 Å². The zero-order valence-electron chi connectivity index (χ0n) is 18.4. The van der Waals surface area contributed by atoms with Crippen molar-refractivity contribution in [3.8, 4) is 0 Å². The van der Waals surface area contributed by atoms with Crippen LogP contribution in [-0.2, 0) is 6.42 Å². The Morgan fingerprint density at radius 1 is 0.938 bits per heavy atom. The van der Waals surface area contributed by atoms with Crippen LogP contribution in [0.4, 0.5) is 5.69 Å². The summed E-state index contributed by atoms with van der Waals surface area (Å²) in [5.74, 6) is 0.137. The highest BCUT2D eigenvalue weighted by Crippen LogP contribution is 2.22. The predicted molar refractivity (Wildman–Crippen MR) is 131 cm³/mol. The van der Waals surface area contributed by atoms with Crippen LogP contribution in [0.15, 0.2) is 72.9 Å². The average molecular weight is 425 g/mol. The summed E-state index contributed by atoms with van der Waals surface area (Å²) in [7, 11) is 2.10. The zero-order chi connectivity index (χ0) is 21.9. The number of nitrogens with one attached hydrogen (secondary N) is 1. The first-order chi connectivity index (χ1) is 15.7. The zero-order valence-corrected chi connectivity index (χ0v) is 18.4. The third-order valence-corrected chi connectivity index (χ3v) is 6.32. The van der Waals surface area contributed by atoms with Gasteiger partial charge in [-0.25, -0.2) is 0 Å². The number of carbonyl (C=O) groups excluding carboxylic acids is 1. The van der Waals surface area contributed by atoms with Gasteiger partial charge in [0.25, 0.3) is 5.91 Å². The largest absolute Gasteiger partial charge is 0.384 e. The van der Waals surface area contributed by atoms with Crippen LogP contribution in [0.25, 0.3) is 21.7 Å². The van der Waals surface area contributed by atoms with Gasteiger partial charge in [-0.15, -0.1) is 0 Å². The minimum atomic E-state index is 0.137. The van der Waals surface area contributed by atoms with Crippen LogP contribution in [0.5, 0.6) is 0 Å². The maximum Gasteiger partial charge on any atom is 0.253 e. The van der Waals surface area contributed by atoms with E-state index in [1.807, 2.05) is 47.5 Å². The minimum absolute atomic E-state index is 0.137. The lowest BCUT2D eigenvalue weighted by molar-refractivity contribution is 0.0664. The Morgan fingerprint density at radius 3 is 2.59 bits per heavy atom. The van der Waals surface area contributed by atoms with Crippen molar-refractivity contribution < 1.29 is 4.79 Å². The standard InChI is InChI=1S/C27H28N4O/c1-30-14-16-31(17-15-30)27(32)23-9-8-21-18-20(6-7-22(21)19-23)10-12-28-26-11-13-29-25-5-3-2-4-24(25)26/h2-9,11,13,18-19H,10,12,14-17H2,1H3,(H,28,29). The molecule has 32 heavy (non-hydrogen) atoms. The highest BCUT2D eigenvalue weighted by Gasteiger charge is 2.20. The van der Waals surface area contributed by atoms with Gasteiger partial charge in [0, 0.05) is 55.6 Å². The van der Waals surface area contributed by atoms with Crippen molar-refractivity contribution in [1.82, 2.24) is 14.8 Å². The lowest BCUT2D eigenvalue weighted by Crippen LogP contribution is -2.47. The second-order valence-electron chi connectivity index (χ2n) is 8.54. The van der Waals surface area contributed by atoms with Crippen molar-refractivity contribution in [3.63, 3.8) is 0 Å². The number of anilines is 1. The highest BCUT2D eigenvalue weighted by molar-refractivity contribution is 5.98. The molecule has 0 unspecified atom stereocenters. The fraction of sp³-hybridized carbons (Fsp3) is 0.259. The monoisotopic (exact) mass is 424 g/mol. The number of pyridine rings is 1. The number of para-hydroxylation sites is 1. The van der Waals surface area contributed by atoms with E-state index in [9.17, 15) is 4.79 Å². The fourth-order valence-corrected chi connectivity index (χ4v) is 4.37. The fourth-order valence-electron chi connectivity index (χ4n) is 4.37. The normalized spacial score (nSPS) is 14.7. The van der Waals surface area contributed by atoms with Gasteiger partial charge in [0.1, 0.15) is 0 Å². The number of benzene rings is 3. The van der Waals surface area contributed by atoms with E-state index in [4.69, 9.17) is 0 Å². The van der Waals surface area contributed by atoms with Crippen molar-refractivity contribution in [1.29, 1.82) is 0 Å². The number of likely N-dealkylation sites (N-methyl/N-ethyl adjacent to an activating group) is 1. The molecule has 0 aliphatic carbocycles.